The Morgan fingerprint density at radius 1 is 1.12 bits per heavy atom. The number of carbonyl (C=O) groups excluding carboxylic acids is 2. The molecule has 0 unspecified atom stereocenters. The SMILES string of the molecule is C[C@H](C(=O)NC(C)(C)C)N(Cc1ccccc1F)C(=O)CN(c1cccc(Br)c1)S(C)(=O)=O. The molecule has 0 bridgehead atoms. The summed E-state index contributed by atoms with van der Waals surface area (Å²) in [4.78, 5) is 27.4. The van der Waals surface area contributed by atoms with Crippen molar-refractivity contribution in [3.63, 3.8) is 0 Å². The predicted octanol–water partition coefficient (Wildman–Crippen LogP) is 3.69. The second-order valence-corrected chi connectivity index (χ2v) is 11.6. The van der Waals surface area contributed by atoms with Crippen LogP contribution in [0.3, 0.4) is 0 Å². The fraction of sp³-hybridized carbons (Fsp3) is 0.391. The summed E-state index contributed by atoms with van der Waals surface area (Å²) in [6.07, 6.45) is 0.998. The van der Waals surface area contributed by atoms with E-state index in [2.05, 4.69) is 21.2 Å². The molecule has 0 heterocycles. The molecule has 0 saturated heterocycles. The summed E-state index contributed by atoms with van der Waals surface area (Å²) in [5.41, 5.74) is -0.0415. The minimum atomic E-state index is -3.83. The second-order valence-electron chi connectivity index (χ2n) is 8.78. The number of nitrogens with one attached hydrogen (secondary N) is 1. The number of anilines is 1. The highest BCUT2D eigenvalue weighted by Gasteiger charge is 2.31. The topological polar surface area (TPSA) is 86.8 Å². The highest BCUT2D eigenvalue weighted by molar-refractivity contribution is 9.10. The van der Waals surface area contributed by atoms with Crippen molar-refractivity contribution in [3.05, 3.63) is 64.4 Å². The van der Waals surface area contributed by atoms with Gasteiger partial charge in [0.1, 0.15) is 18.4 Å². The van der Waals surface area contributed by atoms with Gasteiger partial charge in [-0.05, 0) is 52.0 Å². The van der Waals surface area contributed by atoms with Crippen LogP contribution in [-0.2, 0) is 26.2 Å². The van der Waals surface area contributed by atoms with Crippen molar-refractivity contribution < 1.29 is 22.4 Å². The van der Waals surface area contributed by atoms with Gasteiger partial charge in [-0.25, -0.2) is 12.8 Å². The molecule has 0 aromatic heterocycles. The predicted molar refractivity (Wildman–Crippen MR) is 131 cm³/mol. The zero-order valence-electron chi connectivity index (χ0n) is 19.3. The van der Waals surface area contributed by atoms with Gasteiger partial charge in [-0.2, -0.15) is 0 Å². The molecule has 0 saturated carbocycles. The van der Waals surface area contributed by atoms with Gasteiger partial charge in [0, 0.05) is 22.1 Å². The summed E-state index contributed by atoms with van der Waals surface area (Å²) >= 11 is 3.30. The first-order chi connectivity index (χ1) is 15.2. The molecular formula is C23H29BrFN3O4S. The molecule has 0 spiro atoms. The monoisotopic (exact) mass is 541 g/mol. The number of nitrogens with zero attached hydrogens (tertiary/aromatic N) is 2. The molecule has 0 aliphatic rings. The molecule has 7 nitrogen and oxygen atoms in total. The van der Waals surface area contributed by atoms with Crippen LogP contribution in [0.1, 0.15) is 33.3 Å². The van der Waals surface area contributed by atoms with E-state index in [9.17, 15) is 22.4 Å². The Hall–Kier alpha value is -2.46. The molecule has 1 N–H and O–H groups in total. The Kier molecular flexibility index (Phi) is 8.64. The quantitative estimate of drug-likeness (QED) is 0.552. The van der Waals surface area contributed by atoms with E-state index in [1.54, 1.807) is 51.1 Å². The zero-order chi connectivity index (χ0) is 25.0. The minimum absolute atomic E-state index is 0.194. The molecular weight excluding hydrogens is 513 g/mol. The van der Waals surface area contributed by atoms with E-state index >= 15 is 0 Å². The minimum Gasteiger partial charge on any atom is -0.350 e. The van der Waals surface area contributed by atoms with Gasteiger partial charge in [-0.1, -0.05) is 40.2 Å². The van der Waals surface area contributed by atoms with Crippen molar-refractivity contribution >= 4 is 43.5 Å². The number of halogens is 2. The largest absolute Gasteiger partial charge is 0.350 e. The number of rotatable bonds is 8. The van der Waals surface area contributed by atoms with E-state index in [1.807, 2.05) is 0 Å². The smallest absolute Gasteiger partial charge is 0.244 e. The number of hydrogen-bond donors (Lipinski definition) is 1. The van der Waals surface area contributed by atoms with Gasteiger partial charge in [-0.15, -0.1) is 0 Å². The van der Waals surface area contributed by atoms with Crippen LogP contribution in [0.15, 0.2) is 53.0 Å². The van der Waals surface area contributed by atoms with Gasteiger partial charge in [0.2, 0.25) is 21.8 Å². The third-order valence-corrected chi connectivity index (χ3v) is 6.37. The van der Waals surface area contributed by atoms with E-state index in [0.29, 0.717) is 4.47 Å². The average molecular weight is 542 g/mol. The van der Waals surface area contributed by atoms with Crippen molar-refractivity contribution in [2.24, 2.45) is 0 Å². The van der Waals surface area contributed by atoms with Crippen LogP contribution in [0, 0.1) is 5.82 Å². The highest BCUT2D eigenvalue weighted by atomic mass is 79.9. The molecule has 33 heavy (non-hydrogen) atoms. The third-order valence-electron chi connectivity index (χ3n) is 4.74. The summed E-state index contributed by atoms with van der Waals surface area (Å²) in [5.74, 6) is -1.59. The fourth-order valence-electron chi connectivity index (χ4n) is 3.11. The number of sulfonamides is 1. The van der Waals surface area contributed by atoms with Gasteiger partial charge < -0.3 is 10.2 Å². The summed E-state index contributed by atoms with van der Waals surface area (Å²) in [7, 11) is -3.83. The fourth-order valence-corrected chi connectivity index (χ4v) is 4.34. The molecule has 180 valence electrons. The lowest BCUT2D eigenvalue weighted by Crippen LogP contribution is -2.54. The summed E-state index contributed by atoms with van der Waals surface area (Å²) in [5, 5.41) is 2.81. The molecule has 0 aliphatic carbocycles. The number of carbonyl (C=O) groups is 2. The Bertz CT molecular complexity index is 1120. The van der Waals surface area contributed by atoms with Crippen molar-refractivity contribution in [1.29, 1.82) is 0 Å². The molecule has 2 amide bonds. The van der Waals surface area contributed by atoms with E-state index in [0.717, 1.165) is 10.6 Å². The molecule has 0 fully saturated rings. The Labute approximate surface area is 203 Å². The Morgan fingerprint density at radius 3 is 2.30 bits per heavy atom. The Balaban J connectivity index is 2.42. The molecule has 0 radical (unpaired) electrons. The van der Waals surface area contributed by atoms with Crippen LogP contribution in [-0.4, -0.2) is 49.5 Å². The van der Waals surface area contributed by atoms with Crippen molar-refractivity contribution in [3.8, 4) is 0 Å². The molecule has 0 aliphatic heterocycles. The normalized spacial score (nSPS) is 12.7. The van der Waals surface area contributed by atoms with Gasteiger partial charge in [0.05, 0.1) is 11.9 Å². The van der Waals surface area contributed by atoms with Crippen LogP contribution in [0.2, 0.25) is 0 Å². The molecule has 2 aromatic carbocycles. The van der Waals surface area contributed by atoms with Crippen LogP contribution < -0.4 is 9.62 Å². The molecule has 1 atom stereocenters. The van der Waals surface area contributed by atoms with Crippen molar-refractivity contribution in [2.75, 3.05) is 17.1 Å². The van der Waals surface area contributed by atoms with Gasteiger partial charge in [0.15, 0.2) is 0 Å². The zero-order valence-corrected chi connectivity index (χ0v) is 21.7. The first kappa shape index (κ1) is 26.8. The van der Waals surface area contributed by atoms with Crippen LogP contribution in [0.4, 0.5) is 10.1 Å². The van der Waals surface area contributed by atoms with Crippen LogP contribution in [0.5, 0.6) is 0 Å². The van der Waals surface area contributed by atoms with E-state index < -0.39 is 45.8 Å². The number of amides is 2. The molecule has 10 heteroatoms. The highest BCUT2D eigenvalue weighted by Crippen LogP contribution is 2.23. The van der Waals surface area contributed by atoms with Gasteiger partial charge in [-0.3, -0.25) is 13.9 Å². The van der Waals surface area contributed by atoms with Gasteiger partial charge in [0.25, 0.3) is 0 Å². The summed E-state index contributed by atoms with van der Waals surface area (Å²) < 4.78 is 41.0. The third kappa shape index (κ3) is 7.82. The van der Waals surface area contributed by atoms with Crippen molar-refractivity contribution in [1.82, 2.24) is 10.2 Å². The molecule has 2 rings (SSSR count). The lowest BCUT2D eigenvalue weighted by atomic mass is 10.1. The van der Waals surface area contributed by atoms with Crippen LogP contribution >= 0.6 is 15.9 Å². The maximum absolute atomic E-state index is 14.4. The maximum Gasteiger partial charge on any atom is 0.244 e. The summed E-state index contributed by atoms with van der Waals surface area (Å²) in [6, 6.07) is 11.5. The average Bonchev–Trinajstić information content (AvgIpc) is 2.68. The maximum atomic E-state index is 14.4. The first-order valence-corrected chi connectivity index (χ1v) is 12.9. The van der Waals surface area contributed by atoms with E-state index in [-0.39, 0.29) is 17.8 Å². The van der Waals surface area contributed by atoms with E-state index in [1.165, 1.54) is 30.0 Å². The van der Waals surface area contributed by atoms with Crippen LogP contribution in [0.25, 0.3) is 0 Å². The molecule has 2 aromatic rings. The standard InChI is InChI=1S/C23H29BrFN3O4S/c1-16(22(30)26-23(2,3)4)27(14-17-9-6-7-12-20(17)25)21(29)15-28(33(5,31)32)19-11-8-10-18(24)13-19/h6-13,16H,14-15H2,1-5H3,(H,26,30)/t16-/m1/s1. The lowest BCUT2D eigenvalue weighted by Gasteiger charge is -2.33. The number of benzene rings is 2. The van der Waals surface area contributed by atoms with Crippen molar-refractivity contribution in [2.45, 2.75) is 45.8 Å². The van der Waals surface area contributed by atoms with E-state index in [4.69, 9.17) is 0 Å². The summed E-state index contributed by atoms with van der Waals surface area (Å²) in [6.45, 7) is 6.21. The number of hydrogen-bond acceptors (Lipinski definition) is 4. The second kappa shape index (κ2) is 10.6. The Morgan fingerprint density at radius 2 is 1.76 bits per heavy atom. The first-order valence-electron chi connectivity index (χ1n) is 10.3. The lowest BCUT2D eigenvalue weighted by molar-refractivity contribution is -0.140. The van der Waals surface area contributed by atoms with Gasteiger partial charge >= 0.3 is 0 Å².